The Balaban J connectivity index is 1.42. The van der Waals surface area contributed by atoms with Crippen LogP contribution in [-0.4, -0.2) is 72.8 Å². The van der Waals surface area contributed by atoms with Crippen molar-refractivity contribution in [2.75, 3.05) is 43.1 Å². The molecule has 5 rings (SSSR count). The number of piperazine rings is 1. The topological polar surface area (TPSA) is 90.3 Å². The van der Waals surface area contributed by atoms with E-state index in [9.17, 15) is 17.6 Å². The van der Waals surface area contributed by atoms with Gasteiger partial charge >= 0.3 is 6.18 Å². The zero-order chi connectivity index (χ0) is 27.1. The Morgan fingerprint density at radius 2 is 1.79 bits per heavy atom. The summed E-state index contributed by atoms with van der Waals surface area (Å²) in [5.74, 6) is 1.90. The average molecular weight is 550 g/mol. The maximum atomic E-state index is 13.5. The summed E-state index contributed by atoms with van der Waals surface area (Å²) in [5.41, 5.74) is -0.464. The number of fused-ring (bicyclic) bond motifs is 1. The van der Waals surface area contributed by atoms with E-state index in [1.165, 1.54) is 22.2 Å². The van der Waals surface area contributed by atoms with E-state index in [0.717, 1.165) is 11.9 Å². The molecular formula is C24H27F4N9S. The third-order valence-electron chi connectivity index (χ3n) is 6.37. The van der Waals surface area contributed by atoms with Crippen molar-refractivity contribution in [1.29, 1.82) is 0 Å². The fourth-order valence-corrected chi connectivity index (χ4v) is 5.00. The highest BCUT2D eigenvalue weighted by Gasteiger charge is 2.34. The number of H-pyrrole nitrogens is 1. The maximum Gasteiger partial charge on any atom is 0.434 e. The molecule has 0 aromatic carbocycles. The van der Waals surface area contributed by atoms with Gasteiger partial charge in [-0.25, -0.2) is 19.3 Å². The minimum Gasteiger partial charge on any atom is -0.354 e. The first-order valence-corrected chi connectivity index (χ1v) is 12.8. The van der Waals surface area contributed by atoms with Crippen LogP contribution in [0.3, 0.4) is 0 Å². The standard InChI is InChI=1S/C24H27F4N9S/c1-15-10-19(34-33-15)30-18-11-21(35-6-8-37(9-7-35)23(2,3)14-25)32-22(31-18)38-16-4-5-20-29-17(24(26,27)28)13-36(20)12-16/h4-5,10-13H,6-9,14H2,1-3H3,(H2,30,31,32,33,34). The van der Waals surface area contributed by atoms with Crippen molar-refractivity contribution < 1.29 is 17.6 Å². The Morgan fingerprint density at radius 3 is 2.45 bits per heavy atom. The number of alkyl halides is 4. The molecule has 14 heteroatoms. The van der Waals surface area contributed by atoms with Crippen LogP contribution in [0.2, 0.25) is 0 Å². The summed E-state index contributed by atoms with van der Waals surface area (Å²) in [6.45, 7) is 7.92. The highest BCUT2D eigenvalue weighted by Crippen LogP contribution is 2.32. The maximum absolute atomic E-state index is 13.5. The van der Waals surface area contributed by atoms with Gasteiger partial charge in [0.05, 0.1) is 5.69 Å². The number of rotatable bonds is 7. The Morgan fingerprint density at radius 1 is 1.03 bits per heavy atom. The molecule has 0 aliphatic carbocycles. The highest BCUT2D eigenvalue weighted by atomic mass is 32.2. The first-order valence-electron chi connectivity index (χ1n) is 12.0. The molecule has 0 saturated carbocycles. The summed E-state index contributed by atoms with van der Waals surface area (Å²) < 4.78 is 54.1. The smallest absolute Gasteiger partial charge is 0.354 e. The van der Waals surface area contributed by atoms with E-state index in [1.807, 2.05) is 32.9 Å². The van der Waals surface area contributed by atoms with E-state index >= 15 is 0 Å². The molecule has 0 unspecified atom stereocenters. The molecule has 38 heavy (non-hydrogen) atoms. The molecule has 0 bridgehead atoms. The summed E-state index contributed by atoms with van der Waals surface area (Å²) in [5, 5.41) is 10.7. The zero-order valence-corrected chi connectivity index (χ0v) is 21.9. The predicted molar refractivity (Wildman–Crippen MR) is 137 cm³/mol. The molecule has 202 valence electrons. The fraction of sp³-hybridized carbons (Fsp3) is 0.417. The molecule has 4 aromatic heterocycles. The highest BCUT2D eigenvalue weighted by molar-refractivity contribution is 7.99. The van der Waals surface area contributed by atoms with Crippen molar-refractivity contribution in [3.63, 3.8) is 0 Å². The predicted octanol–water partition coefficient (Wildman–Crippen LogP) is 4.94. The van der Waals surface area contributed by atoms with Gasteiger partial charge in [-0.2, -0.15) is 18.3 Å². The second kappa shape index (κ2) is 10.1. The number of anilines is 3. The lowest BCUT2D eigenvalue weighted by molar-refractivity contribution is -0.140. The van der Waals surface area contributed by atoms with Crippen LogP contribution >= 0.6 is 11.8 Å². The van der Waals surface area contributed by atoms with Gasteiger partial charge in [-0.05, 0) is 44.7 Å². The van der Waals surface area contributed by atoms with E-state index < -0.39 is 24.1 Å². The largest absolute Gasteiger partial charge is 0.434 e. The van der Waals surface area contributed by atoms with Crippen molar-refractivity contribution in [2.24, 2.45) is 0 Å². The van der Waals surface area contributed by atoms with Crippen LogP contribution in [0.5, 0.6) is 0 Å². The van der Waals surface area contributed by atoms with Crippen LogP contribution in [0.25, 0.3) is 5.65 Å². The monoisotopic (exact) mass is 549 g/mol. The Labute approximate surface area is 220 Å². The number of nitrogens with one attached hydrogen (secondary N) is 2. The number of halogens is 4. The quantitative estimate of drug-likeness (QED) is 0.248. The van der Waals surface area contributed by atoms with Gasteiger partial charge in [-0.1, -0.05) is 0 Å². The van der Waals surface area contributed by atoms with Crippen molar-refractivity contribution in [2.45, 2.75) is 42.5 Å². The number of pyridine rings is 1. The Hall–Kier alpha value is -3.39. The number of nitrogens with zero attached hydrogens (tertiary/aromatic N) is 7. The fourth-order valence-electron chi connectivity index (χ4n) is 4.21. The van der Waals surface area contributed by atoms with Crippen molar-refractivity contribution in [3.05, 3.63) is 48.0 Å². The van der Waals surface area contributed by atoms with Gasteiger partial charge in [-0.3, -0.25) is 10.00 Å². The first-order chi connectivity index (χ1) is 18.0. The van der Waals surface area contributed by atoms with Gasteiger partial charge in [0, 0.05) is 61.1 Å². The molecule has 1 aliphatic heterocycles. The number of imidazole rings is 1. The molecule has 0 amide bonds. The SMILES string of the molecule is Cc1cc(Nc2cc(N3CCN(C(C)(C)CF)CC3)nc(Sc3ccc4nc(C(F)(F)F)cn4c3)n2)[nH]n1. The number of aromatic nitrogens is 6. The summed E-state index contributed by atoms with van der Waals surface area (Å²) in [7, 11) is 0. The number of hydrogen-bond donors (Lipinski definition) is 2. The molecule has 1 fully saturated rings. The Kier molecular flexibility index (Phi) is 6.94. The lowest BCUT2D eigenvalue weighted by Crippen LogP contribution is -2.55. The van der Waals surface area contributed by atoms with Crippen molar-refractivity contribution in [3.8, 4) is 0 Å². The van der Waals surface area contributed by atoms with Crippen molar-refractivity contribution >= 4 is 34.9 Å². The molecule has 0 spiro atoms. The molecular weight excluding hydrogens is 522 g/mol. The van der Waals surface area contributed by atoms with Crippen LogP contribution in [0.15, 0.2) is 46.7 Å². The van der Waals surface area contributed by atoms with Gasteiger partial charge in [0.1, 0.15) is 29.8 Å². The van der Waals surface area contributed by atoms with Crippen LogP contribution < -0.4 is 10.2 Å². The van der Waals surface area contributed by atoms with Crippen LogP contribution in [0.1, 0.15) is 25.2 Å². The second-order valence-corrected chi connectivity index (χ2v) is 10.8. The number of aromatic amines is 1. The number of aryl methyl sites for hydroxylation is 1. The lowest BCUT2D eigenvalue weighted by Gasteiger charge is -2.43. The molecule has 2 N–H and O–H groups in total. The molecule has 0 radical (unpaired) electrons. The third kappa shape index (κ3) is 5.70. The summed E-state index contributed by atoms with van der Waals surface area (Å²) in [6.07, 6.45) is -1.99. The van der Waals surface area contributed by atoms with Gasteiger partial charge in [0.25, 0.3) is 0 Å². The second-order valence-electron chi connectivity index (χ2n) is 9.72. The van der Waals surface area contributed by atoms with Crippen LogP contribution in [-0.2, 0) is 6.18 Å². The minimum atomic E-state index is -4.52. The van der Waals surface area contributed by atoms with Gasteiger partial charge in [0.2, 0.25) is 0 Å². The zero-order valence-electron chi connectivity index (χ0n) is 21.1. The number of hydrogen-bond acceptors (Lipinski definition) is 8. The molecule has 4 aromatic rings. The first kappa shape index (κ1) is 26.2. The van der Waals surface area contributed by atoms with Crippen LogP contribution in [0, 0.1) is 6.92 Å². The normalized spacial score (nSPS) is 15.4. The van der Waals surface area contributed by atoms with E-state index in [4.69, 9.17) is 4.98 Å². The minimum absolute atomic E-state index is 0.197. The third-order valence-corrected chi connectivity index (χ3v) is 7.21. The van der Waals surface area contributed by atoms with E-state index in [1.54, 1.807) is 12.3 Å². The molecule has 5 heterocycles. The Bertz CT molecular complexity index is 1420. The summed E-state index contributed by atoms with van der Waals surface area (Å²) in [6, 6.07) is 6.90. The van der Waals surface area contributed by atoms with E-state index in [2.05, 4.69) is 35.3 Å². The van der Waals surface area contributed by atoms with E-state index in [-0.39, 0.29) is 5.65 Å². The molecule has 9 nitrogen and oxygen atoms in total. The lowest BCUT2D eigenvalue weighted by atomic mass is 10.0. The summed E-state index contributed by atoms with van der Waals surface area (Å²) in [4.78, 5) is 17.9. The molecule has 1 saturated heterocycles. The van der Waals surface area contributed by atoms with Crippen molar-refractivity contribution in [1.82, 2.24) is 34.4 Å². The molecule has 0 atom stereocenters. The summed E-state index contributed by atoms with van der Waals surface area (Å²) >= 11 is 1.23. The van der Waals surface area contributed by atoms with Crippen LogP contribution in [0.4, 0.5) is 35.0 Å². The average Bonchev–Trinajstić information content (AvgIpc) is 3.49. The van der Waals surface area contributed by atoms with Gasteiger partial charge < -0.3 is 14.6 Å². The molecule has 1 aliphatic rings. The van der Waals surface area contributed by atoms with Gasteiger partial charge in [0.15, 0.2) is 10.9 Å². The van der Waals surface area contributed by atoms with E-state index in [0.29, 0.717) is 53.7 Å². The van der Waals surface area contributed by atoms with Gasteiger partial charge in [-0.15, -0.1) is 0 Å².